The van der Waals surface area contributed by atoms with Gasteiger partial charge in [-0.3, -0.25) is 9.59 Å². The minimum absolute atomic E-state index is 0.0149. The van der Waals surface area contributed by atoms with Crippen molar-refractivity contribution in [3.8, 4) is 0 Å². The standard InChI is InChI=1S/C22H20ClN3O2S2/c1-14-10-15-4-2-3-5-19(15)26(14)21(28)13-30-22-24-17(11-20(27)25-22)12-29-18-8-6-16(23)7-9-18/h2-9,11,14H,10,12-13H2,1H3,(H,24,25,27)/t14-/m0/s1. The van der Waals surface area contributed by atoms with Gasteiger partial charge in [0, 0.05) is 33.5 Å². The Bertz CT molecular complexity index is 1120. The third-order valence-electron chi connectivity index (χ3n) is 4.78. The van der Waals surface area contributed by atoms with Crippen LogP contribution in [-0.4, -0.2) is 27.7 Å². The average molecular weight is 458 g/mol. The highest BCUT2D eigenvalue weighted by molar-refractivity contribution is 7.99. The van der Waals surface area contributed by atoms with Crippen LogP contribution >= 0.6 is 35.1 Å². The molecule has 4 rings (SSSR count). The van der Waals surface area contributed by atoms with Gasteiger partial charge in [-0.25, -0.2) is 4.98 Å². The number of carbonyl (C=O) groups excluding carboxylic acids is 1. The lowest BCUT2D eigenvalue weighted by Crippen LogP contribution is -2.37. The first-order valence-electron chi connectivity index (χ1n) is 9.51. The minimum Gasteiger partial charge on any atom is -0.308 e. The van der Waals surface area contributed by atoms with Gasteiger partial charge in [0.1, 0.15) is 0 Å². The zero-order chi connectivity index (χ0) is 21.1. The van der Waals surface area contributed by atoms with Crippen molar-refractivity contribution in [2.24, 2.45) is 0 Å². The van der Waals surface area contributed by atoms with Gasteiger partial charge >= 0.3 is 0 Å². The molecule has 0 saturated heterocycles. The molecule has 1 N–H and O–H groups in total. The molecule has 1 amide bonds. The average Bonchev–Trinajstić information content (AvgIpc) is 3.07. The normalized spacial score (nSPS) is 15.3. The minimum atomic E-state index is -0.216. The summed E-state index contributed by atoms with van der Waals surface area (Å²) in [6, 6.07) is 17.1. The first-order valence-corrected chi connectivity index (χ1v) is 11.9. The summed E-state index contributed by atoms with van der Waals surface area (Å²) in [4.78, 5) is 35.1. The maximum Gasteiger partial charge on any atom is 0.251 e. The van der Waals surface area contributed by atoms with Crippen molar-refractivity contribution in [1.29, 1.82) is 0 Å². The molecule has 1 atom stereocenters. The molecule has 2 aromatic carbocycles. The quantitative estimate of drug-likeness (QED) is 0.426. The summed E-state index contributed by atoms with van der Waals surface area (Å²) in [5, 5.41) is 1.15. The van der Waals surface area contributed by atoms with E-state index >= 15 is 0 Å². The van der Waals surface area contributed by atoms with Crippen molar-refractivity contribution in [3.63, 3.8) is 0 Å². The summed E-state index contributed by atoms with van der Waals surface area (Å²) in [6.07, 6.45) is 0.860. The van der Waals surface area contributed by atoms with Gasteiger partial charge in [0.25, 0.3) is 5.56 Å². The monoisotopic (exact) mass is 457 g/mol. The topological polar surface area (TPSA) is 66.1 Å². The van der Waals surface area contributed by atoms with E-state index in [1.54, 1.807) is 11.8 Å². The van der Waals surface area contributed by atoms with Crippen LogP contribution in [0.5, 0.6) is 0 Å². The van der Waals surface area contributed by atoms with Crippen molar-refractivity contribution in [3.05, 3.63) is 81.2 Å². The summed E-state index contributed by atoms with van der Waals surface area (Å²) < 4.78 is 0. The number of para-hydroxylation sites is 1. The third-order valence-corrected chi connectivity index (χ3v) is 6.94. The Balaban J connectivity index is 1.40. The molecule has 1 aromatic heterocycles. The summed E-state index contributed by atoms with van der Waals surface area (Å²) in [5.41, 5.74) is 2.63. The molecule has 3 aromatic rings. The number of benzene rings is 2. The smallest absolute Gasteiger partial charge is 0.251 e. The number of nitrogens with one attached hydrogen (secondary N) is 1. The number of thioether (sulfide) groups is 2. The summed E-state index contributed by atoms with van der Waals surface area (Å²) in [6.45, 7) is 2.05. The fourth-order valence-electron chi connectivity index (χ4n) is 3.46. The van der Waals surface area contributed by atoms with E-state index in [0.29, 0.717) is 21.6 Å². The Morgan fingerprint density at radius 2 is 1.97 bits per heavy atom. The molecule has 0 saturated carbocycles. The fraction of sp³-hybridized carbons (Fsp3) is 0.227. The Morgan fingerprint density at radius 3 is 2.77 bits per heavy atom. The number of hydrogen-bond donors (Lipinski definition) is 1. The van der Waals surface area contributed by atoms with E-state index in [-0.39, 0.29) is 23.3 Å². The van der Waals surface area contributed by atoms with Crippen LogP contribution in [0.3, 0.4) is 0 Å². The molecule has 0 aliphatic carbocycles. The number of anilines is 1. The second-order valence-corrected chi connectivity index (χ2v) is 9.47. The molecule has 5 nitrogen and oxygen atoms in total. The largest absolute Gasteiger partial charge is 0.308 e. The number of H-pyrrole nitrogens is 1. The van der Waals surface area contributed by atoms with E-state index in [9.17, 15) is 9.59 Å². The number of carbonyl (C=O) groups is 1. The molecular formula is C22H20ClN3O2S2. The lowest BCUT2D eigenvalue weighted by atomic mass is 10.1. The number of amides is 1. The number of halogens is 1. The van der Waals surface area contributed by atoms with Crippen LogP contribution in [0.25, 0.3) is 0 Å². The van der Waals surface area contributed by atoms with Gasteiger partial charge in [-0.15, -0.1) is 11.8 Å². The first kappa shape index (κ1) is 21.0. The highest BCUT2D eigenvalue weighted by Gasteiger charge is 2.30. The predicted octanol–water partition coefficient (Wildman–Crippen LogP) is 4.79. The lowest BCUT2D eigenvalue weighted by molar-refractivity contribution is -0.116. The second-order valence-electron chi connectivity index (χ2n) is 7.02. The van der Waals surface area contributed by atoms with Crippen molar-refractivity contribution >= 4 is 46.7 Å². The molecular weight excluding hydrogens is 438 g/mol. The molecule has 8 heteroatoms. The number of fused-ring (bicyclic) bond motifs is 1. The molecule has 30 heavy (non-hydrogen) atoms. The van der Waals surface area contributed by atoms with E-state index in [4.69, 9.17) is 11.6 Å². The lowest BCUT2D eigenvalue weighted by Gasteiger charge is -2.22. The zero-order valence-electron chi connectivity index (χ0n) is 16.3. The molecule has 154 valence electrons. The van der Waals surface area contributed by atoms with Gasteiger partial charge in [0.05, 0.1) is 11.4 Å². The highest BCUT2D eigenvalue weighted by atomic mass is 35.5. The van der Waals surface area contributed by atoms with Crippen LogP contribution < -0.4 is 10.5 Å². The Morgan fingerprint density at radius 1 is 1.20 bits per heavy atom. The number of rotatable bonds is 6. The van der Waals surface area contributed by atoms with E-state index in [2.05, 4.69) is 23.0 Å². The van der Waals surface area contributed by atoms with Crippen molar-refractivity contribution in [2.45, 2.75) is 35.2 Å². The van der Waals surface area contributed by atoms with Gasteiger partial charge in [0.2, 0.25) is 5.91 Å². The predicted molar refractivity (Wildman–Crippen MR) is 124 cm³/mol. The maximum atomic E-state index is 12.9. The van der Waals surface area contributed by atoms with E-state index in [0.717, 1.165) is 17.0 Å². The summed E-state index contributed by atoms with van der Waals surface area (Å²) in [7, 11) is 0. The summed E-state index contributed by atoms with van der Waals surface area (Å²) >= 11 is 8.75. The number of aromatic nitrogens is 2. The van der Waals surface area contributed by atoms with Gasteiger partial charge in [0.15, 0.2) is 5.16 Å². The molecule has 0 radical (unpaired) electrons. The van der Waals surface area contributed by atoms with Gasteiger partial charge in [-0.05, 0) is 49.2 Å². The van der Waals surface area contributed by atoms with Crippen molar-refractivity contribution in [1.82, 2.24) is 9.97 Å². The number of nitrogens with zero attached hydrogens (tertiary/aromatic N) is 2. The van der Waals surface area contributed by atoms with Crippen LogP contribution in [-0.2, 0) is 17.0 Å². The fourth-order valence-corrected chi connectivity index (χ4v) is 5.13. The Labute approximate surface area is 188 Å². The highest BCUT2D eigenvalue weighted by Crippen LogP contribution is 2.32. The SMILES string of the molecule is C[C@H]1Cc2ccccc2N1C(=O)CSc1nc(CSc2ccc(Cl)cc2)cc(=O)[nH]1. The van der Waals surface area contributed by atoms with Crippen LogP contribution in [0, 0.1) is 0 Å². The van der Waals surface area contributed by atoms with Crippen LogP contribution in [0.2, 0.25) is 5.02 Å². The van der Waals surface area contributed by atoms with Gasteiger partial charge in [-0.2, -0.15) is 0 Å². The Kier molecular flexibility index (Phi) is 6.51. The second kappa shape index (κ2) is 9.29. The molecule has 0 unspecified atom stereocenters. The van der Waals surface area contributed by atoms with E-state index < -0.39 is 0 Å². The summed E-state index contributed by atoms with van der Waals surface area (Å²) in [5.74, 6) is 0.792. The van der Waals surface area contributed by atoms with Crippen LogP contribution in [0.4, 0.5) is 5.69 Å². The van der Waals surface area contributed by atoms with E-state index in [1.165, 1.54) is 23.4 Å². The van der Waals surface area contributed by atoms with Crippen LogP contribution in [0.1, 0.15) is 18.2 Å². The molecule has 0 fully saturated rings. The molecule has 1 aliphatic rings. The van der Waals surface area contributed by atoms with Crippen molar-refractivity contribution in [2.75, 3.05) is 10.7 Å². The van der Waals surface area contributed by atoms with Crippen LogP contribution in [0.15, 0.2) is 69.4 Å². The van der Waals surface area contributed by atoms with Crippen molar-refractivity contribution < 1.29 is 4.79 Å². The van der Waals surface area contributed by atoms with E-state index in [1.807, 2.05) is 47.4 Å². The van der Waals surface area contributed by atoms with Gasteiger partial charge < -0.3 is 9.88 Å². The molecule has 1 aliphatic heterocycles. The zero-order valence-corrected chi connectivity index (χ0v) is 18.7. The first-order chi connectivity index (χ1) is 14.5. The molecule has 2 heterocycles. The maximum absolute atomic E-state index is 12.9. The Hall–Kier alpha value is -2.22. The number of aromatic amines is 1. The molecule has 0 bridgehead atoms. The third kappa shape index (κ3) is 4.91. The molecule has 0 spiro atoms. The van der Waals surface area contributed by atoms with Gasteiger partial charge in [-0.1, -0.05) is 41.6 Å². The number of hydrogen-bond acceptors (Lipinski definition) is 5.